The van der Waals surface area contributed by atoms with E-state index in [1.807, 2.05) is 6.92 Å². The fourth-order valence-corrected chi connectivity index (χ4v) is 1.73. The number of rotatable bonds is 4. The Kier molecular flexibility index (Phi) is 3.67. The molecule has 1 rings (SSSR count). The van der Waals surface area contributed by atoms with Crippen LogP contribution in [-0.4, -0.2) is 20.9 Å². The number of carbonyl (C=O) groups is 1. The van der Waals surface area contributed by atoms with Gasteiger partial charge in [0.1, 0.15) is 6.04 Å². The van der Waals surface area contributed by atoms with E-state index in [1.165, 1.54) is 0 Å². The maximum atomic E-state index is 10.7. The van der Waals surface area contributed by atoms with E-state index in [0.29, 0.717) is 17.7 Å². The van der Waals surface area contributed by atoms with Crippen LogP contribution >= 0.6 is 0 Å². The molecule has 0 spiro atoms. The molecule has 0 aliphatic heterocycles. The number of aromatic nitrogens is 2. The summed E-state index contributed by atoms with van der Waals surface area (Å²) in [6.45, 7) is 5.48. The van der Waals surface area contributed by atoms with Crippen molar-refractivity contribution < 1.29 is 9.90 Å². The molecule has 0 aliphatic rings. The fraction of sp³-hybridized carbons (Fsp3) is 0.545. The molecule has 5 nitrogen and oxygen atoms in total. The van der Waals surface area contributed by atoms with Crippen LogP contribution in [0.15, 0.2) is 0 Å². The molecule has 1 N–H and O–H groups in total. The summed E-state index contributed by atoms with van der Waals surface area (Å²) in [7, 11) is 0. The lowest BCUT2D eigenvalue weighted by molar-refractivity contribution is -0.136. The summed E-state index contributed by atoms with van der Waals surface area (Å²) in [5, 5.41) is 22.0. The zero-order chi connectivity index (χ0) is 12.3. The average molecular weight is 221 g/mol. The lowest BCUT2D eigenvalue weighted by Crippen LogP contribution is -2.10. The Morgan fingerprint density at radius 3 is 2.69 bits per heavy atom. The summed E-state index contributed by atoms with van der Waals surface area (Å²) in [6, 6.07) is 1.84. The normalized spacial score (nSPS) is 12.1. The Morgan fingerprint density at radius 1 is 1.62 bits per heavy atom. The van der Waals surface area contributed by atoms with Gasteiger partial charge in [0.25, 0.3) is 0 Å². The molecule has 86 valence electrons. The van der Waals surface area contributed by atoms with E-state index in [2.05, 4.69) is 11.2 Å². The average Bonchev–Trinajstić information content (AvgIpc) is 2.48. The van der Waals surface area contributed by atoms with Gasteiger partial charge in [-0.15, -0.1) is 0 Å². The van der Waals surface area contributed by atoms with Crippen LogP contribution in [0.1, 0.15) is 36.3 Å². The van der Waals surface area contributed by atoms with E-state index in [1.54, 1.807) is 18.5 Å². The van der Waals surface area contributed by atoms with Gasteiger partial charge in [-0.25, -0.2) is 0 Å². The van der Waals surface area contributed by atoms with Crippen LogP contribution in [0.2, 0.25) is 0 Å². The number of hydrogen-bond donors (Lipinski definition) is 1. The first-order valence-corrected chi connectivity index (χ1v) is 5.17. The van der Waals surface area contributed by atoms with Crippen LogP contribution in [0.25, 0.3) is 0 Å². The van der Waals surface area contributed by atoms with Crippen LogP contribution in [-0.2, 0) is 11.2 Å². The van der Waals surface area contributed by atoms with Gasteiger partial charge < -0.3 is 5.11 Å². The van der Waals surface area contributed by atoms with Crippen LogP contribution < -0.4 is 0 Å². The Balaban J connectivity index is 3.16. The van der Waals surface area contributed by atoms with E-state index < -0.39 is 5.97 Å². The van der Waals surface area contributed by atoms with Crippen LogP contribution in [0.4, 0.5) is 0 Å². The first-order valence-electron chi connectivity index (χ1n) is 5.17. The molecule has 5 heteroatoms. The van der Waals surface area contributed by atoms with Crippen molar-refractivity contribution in [1.82, 2.24) is 9.78 Å². The number of carboxylic acid groups (broad SMARTS) is 1. The lowest BCUT2D eigenvalue weighted by Gasteiger charge is -2.09. The molecule has 1 unspecified atom stereocenters. The van der Waals surface area contributed by atoms with Crippen molar-refractivity contribution in [3.05, 3.63) is 17.0 Å². The first kappa shape index (κ1) is 12.2. The smallest absolute Gasteiger partial charge is 0.307 e. The van der Waals surface area contributed by atoms with Crippen molar-refractivity contribution in [1.29, 1.82) is 5.26 Å². The zero-order valence-corrected chi connectivity index (χ0v) is 9.69. The quantitative estimate of drug-likeness (QED) is 0.837. The third-order valence-corrected chi connectivity index (χ3v) is 2.63. The molecule has 0 radical (unpaired) electrons. The summed E-state index contributed by atoms with van der Waals surface area (Å²) < 4.78 is 1.62. The highest BCUT2D eigenvalue weighted by Gasteiger charge is 2.18. The van der Waals surface area contributed by atoms with Gasteiger partial charge in [-0.3, -0.25) is 9.48 Å². The molecule has 0 aliphatic carbocycles. The molecule has 0 aromatic carbocycles. The molecule has 1 aromatic heterocycles. The summed E-state index contributed by atoms with van der Waals surface area (Å²) in [5.74, 6) is -0.879. The monoisotopic (exact) mass is 221 g/mol. The molecule has 0 saturated heterocycles. The van der Waals surface area contributed by atoms with E-state index in [4.69, 9.17) is 10.4 Å². The van der Waals surface area contributed by atoms with Crippen molar-refractivity contribution in [2.75, 3.05) is 0 Å². The second-order valence-corrected chi connectivity index (χ2v) is 3.72. The Labute approximate surface area is 94.3 Å². The molecule has 0 amide bonds. The van der Waals surface area contributed by atoms with Gasteiger partial charge in [0.15, 0.2) is 0 Å². The Bertz CT molecular complexity index is 443. The molecular formula is C11H15N3O2. The Hall–Kier alpha value is -1.83. The van der Waals surface area contributed by atoms with Gasteiger partial charge in [0.2, 0.25) is 0 Å². The summed E-state index contributed by atoms with van der Waals surface area (Å²) >= 11 is 0. The molecule has 16 heavy (non-hydrogen) atoms. The van der Waals surface area contributed by atoms with E-state index in [0.717, 1.165) is 5.69 Å². The van der Waals surface area contributed by atoms with E-state index >= 15 is 0 Å². The van der Waals surface area contributed by atoms with Crippen molar-refractivity contribution in [2.45, 2.75) is 39.7 Å². The van der Waals surface area contributed by atoms with Crippen LogP contribution in [0.5, 0.6) is 0 Å². The van der Waals surface area contributed by atoms with Gasteiger partial charge in [0.05, 0.1) is 18.2 Å². The van der Waals surface area contributed by atoms with Crippen LogP contribution in [0.3, 0.4) is 0 Å². The summed E-state index contributed by atoms with van der Waals surface area (Å²) in [5.41, 5.74) is 2.17. The highest BCUT2D eigenvalue weighted by molar-refractivity contribution is 5.70. The number of carboxylic acids is 1. The largest absolute Gasteiger partial charge is 0.481 e. The van der Waals surface area contributed by atoms with Crippen molar-refractivity contribution in [3.8, 4) is 6.07 Å². The molecule has 0 saturated carbocycles. The van der Waals surface area contributed by atoms with Gasteiger partial charge >= 0.3 is 5.97 Å². The van der Waals surface area contributed by atoms with Gasteiger partial charge in [-0.05, 0) is 20.3 Å². The predicted octanol–water partition coefficient (Wildman–Crippen LogP) is 1.60. The highest BCUT2D eigenvalue weighted by atomic mass is 16.4. The molecule has 1 heterocycles. The molecule has 1 aromatic rings. The zero-order valence-electron chi connectivity index (χ0n) is 9.69. The van der Waals surface area contributed by atoms with E-state index in [9.17, 15) is 4.79 Å². The SMILES string of the molecule is CCC(C#N)n1nc(C)c(CC(=O)O)c1C. The molecule has 1 atom stereocenters. The number of nitriles is 1. The molecular weight excluding hydrogens is 206 g/mol. The lowest BCUT2D eigenvalue weighted by atomic mass is 10.1. The number of nitrogens with zero attached hydrogens (tertiary/aromatic N) is 3. The minimum absolute atomic E-state index is 0.0421. The van der Waals surface area contributed by atoms with Crippen LogP contribution in [0, 0.1) is 25.2 Å². The fourth-order valence-electron chi connectivity index (χ4n) is 1.73. The minimum atomic E-state index is -0.879. The number of aliphatic carboxylic acids is 1. The standard InChI is InChI=1S/C11H15N3O2/c1-4-9(6-12)14-8(3)10(5-11(15)16)7(2)13-14/h9H,4-5H2,1-3H3,(H,15,16). The van der Waals surface area contributed by atoms with E-state index in [-0.39, 0.29) is 12.5 Å². The molecule has 0 fully saturated rings. The topological polar surface area (TPSA) is 78.9 Å². The van der Waals surface area contributed by atoms with Gasteiger partial charge in [-0.1, -0.05) is 6.92 Å². The highest BCUT2D eigenvalue weighted by Crippen LogP contribution is 2.19. The maximum Gasteiger partial charge on any atom is 0.307 e. The second-order valence-electron chi connectivity index (χ2n) is 3.72. The summed E-state index contributed by atoms with van der Waals surface area (Å²) in [4.78, 5) is 10.7. The number of hydrogen-bond acceptors (Lipinski definition) is 3. The van der Waals surface area contributed by atoms with Crippen molar-refractivity contribution in [2.24, 2.45) is 0 Å². The first-order chi connectivity index (χ1) is 7.51. The van der Waals surface area contributed by atoms with Gasteiger partial charge in [0, 0.05) is 11.3 Å². The summed E-state index contributed by atoms with van der Waals surface area (Å²) in [6.07, 6.45) is 0.616. The third-order valence-electron chi connectivity index (χ3n) is 2.63. The van der Waals surface area contributed by atoms with Gasteiger partial charge in [-0.2, -0.15) is 10.4 Å². The molecule has 0 bridgehead atoms. The Morgan fingerprint density at radius 2 is 2.25 bits per heavy atom. The second kappa shape index (κ2) is 4.79. The third kappa shape index (κ3) is 2.22. The van der Waals surface area contributed by atoms with Crippen molar-refractivity contribution >= 4 is 5.97 Å². The minimum Gasteiger partial charge on any atom is -0.481 e. The van der Waals surface area contributed by atoms with Crippen molar-refractivity contribution in [3.63, 3.8) is 0 Å². The number of aryl methyl sites for hydroxylation is 1. The maximum absolute atomic E-state index is 10.7. The predicted molar refractivity (Wildman–Crippen MR) is 58.0 cm³/mol.